The molecule has 2 aliphatic rings. The number of hydrogen-bond donors (Lipinski definition) is 0. The first-order valence-electron chi connectivity index (χ1n) is 7.42. The topological polar surface area (TPSA) is 26.3 Å². The summed E-state index contributed by atoms with van der Waals surface area (Å²) in [6, 6.07) is 0. The van der Waals surface area contributed by atoms with Crippen molar-refractivity contribution < 1.29 is 9.53 Å². The van der Waals surface area contributed by atoms with Crippen LogP contribution in [-0.4, -0.2) is 12.1 Å². The van der Waals surface area contributed by atoms with Crippen LogP contribution in [0.3, 0.4) is 0 Å². The third kappa shape index (κ3) is 3.02. The van der Waals surface area contributed by atoms with E-state index in [1.54, 1.807) is 0 Å². The summed E-state index contributed by atoms with van der Waals surface area (Å²) < 4.78 is 5.55. The molecule has 0 radical (unpaired) electrons. The summed E-state index contributed by atoms with van der Waals surface area (Å²) in [5.41, 5.74) is 0. The van der Waals surface area contributed by atoms with Crippen LogP contribution in [0.25, 0.3) is 0 Å². The fourth-order valence-corrected chi connectivity index (χ4v) is 3.60. The molecular weight excluding hydrogens is 212 g/mol. The van der Waals surface area contributed by atoms with E-state index < -0.39 is 0 Å². The number of carbonyl (C=O) groups is 1. The first kappa shape index (κ1) is 12.9. The molecule has 0 saturated heterocycles. The molecule has 2 aliphatic carbocycles. The SMILES string of the molecule is CCC(C)OC(=O)C1CCCC2CCCCC21. The molecule has 98 valence electrons. The highest BCUT2D eigenvalue weighted by Gasteiger charge is 2.39. The normalized spacial score (nSPS) is 34.8. The first-order chi connectivity index (χ1) is 8.22. The third-order valence-corrected chi connectivity index (χ3v) is 4.77. The van der Waals surface area contributed by atoms with E-state index in [4.69, 9.17) is 4.74 Å². The molecule has 0 aromatic rings. The van der Waals surface area contributed by atoms with Crippen LogP contribution in [0.15, 0.2) is 0 Å². The minimum absolute atomic E-state index is 0.0893. The van der Waals surface area contributed by atoms with Crippen LogP contribution in [0, 0.1) is 17.8 Å². The van der Waals surface area contributed by atoms with Crippen LogP contribution in [0.1, 0.15) is 65.2 Å². The fourth-order valence-electron chi connectivity index (χ4n) is 3.60. The maximum Gasteiger partial charge on any atom is 0.309 e. The Balaban J connectivity index is 1.95. The van der Waals surface area contributed by atoms with Gasteiger partial charge in [0.15, 0.2) is 0 Å². The van der Waals surface area contributed by atoms with Gasteiger partial charge in [0.05, 0.1) is 12.0 Å². The molecule has 0 aliphatic heterocycles. The van der Waals surface area contributed by atoms with Crippen molar-refractivity contribution in [1.82, 2.24) is 0 Å². The van der Waals surface area contributed by atoms with Crippen molar-refractivity contribution in [3.63, 3.8) is 0 Å². The van der Waals surface area contributed by atoms with Crippen molar-refractivity contribution in [2.24, 2.45) is 17.8 Å². The van der Waals surface area contributed by atoms with Gasteiger partial charge < -0.3 is 4.74 Å². The number of carbonyl (C=O) groups excluding carboxylic acids is 1. The summed E-state index contributed by atoms with van der Waals surface area (Å²) in [6.07, 6.45) is 9.93. The van der Waals surface area contributed by atoms with E-state index in [9.17, 15) is 4.79 Å². The van der Waals surface area contributed by atoms with Gasteiger partial charge in [-0.3, -0.25) is 4.79 Å². The Labute approximate surface area is 105 Å². The summed E-state index contributed by atoms with van der Waals surface area (Å²) in [5.74, 6) is 1.75. The van der Waals surface area contributed by atoms with Crippen LogP contribution in [0.5, 0.6) is 0 Å². The molecule has 0 amide bonds. The van der Waals surface area contributed by atoms with Crippen molar-refractivity contribution in [2.45, 2.75) is 71.3 Å². The lowest BCUT2D eigenvalue weighted by Crippen LogP contribution is -2.37. The molecule has 0 spiro atoms. The number of esters is 1. The fraction of sp³-hybridized carbons (Fsp3) is 0.933. The minimum Gasteiger partial charge on any atom is -0.462 e. The maximum atomic E-state index is 12.2. The number of hydrogen-bond acceptors (Lipinski definition) is 2. The standard InChI is InChI=1S/C15H26O2/c1-3-11(2)17-15(16)14-10-6-8-12-7-4-5-9-13(12)14/h11-14H,3-10H2,1-2H3. The van der Waals surface area contributed by atoms with Crippen molar-refractivity contribution in [3.8, 4) is 0 Å². The molecule has 17 heavy (non-hydrogen) atoms. The highest BCUT2D eigenvalue weighted by atomic mass is 16.5. The van der Waals surface area contributed by atoms with Gasteiger partial charge in [-0.25, -0.2) is 0 Å². The maximum absolute atomic E-state index is 12.2. The van der Waals surface area contributed by atoms with E-state index in [0.29, 0.717) is 5.92 Å². The molecule has 0 heterocycles. The Morgan fingerprint density at radius 1 is 1.18 bits per heavy atom. The zero-order valence-corrected chi connectivity index (χ0v) is 11.3. The second-order valence-corrected chi connectivity index (χ2v) is 5.90. The van der Waals surface area contributed by atoms with E-state index in [-0.39, 0.29) is 18.0 Å². The first-order valence-corrected chi connectivity index (χ1v) is 7.42. The molecule has 0 bridgehead atoms. The largest absolute Gasteiger partial charge is 0.462 e. The Morgan fingerprint density at radius 3 is 2.65 bits per heavy atom. The van der Waals surface area contributed by atoms with E-state index in [0.717, 1.165) is 18.8 Å². The van der Waals surface area contributed by atoms with Crippen molar-refractivity contribution in [2.75, 3.05) is 0 Å². The van der Waals surface area contributed by atoms with Gasteiger partial charge in [-0.05, 0) is 38.0 Å². The van der Waals surface area contributed by atoms with Crippen LogP contribution in [0.4, 0.5) is 0 Å². The summed E-state index contributed by atoms with van der Waals surface area (Å²) in [6.45, 7) is 4.07. The summed E-state index contributed by atoms with van der Waals surface area (Å²) in [4.78, 5) is 12.2. The van der Waals surface area contributed by atoms with Gasteiger partial charge >= 0.3 is 5.97 Å². The zero-order chi connectivity index (χ0) is 12.3. The highest BCUT2D eigenvalue weighted by Crippen LogP contribution is 2.44. The van der Waals surface area contributed by atoms with Gasteiger partial charge in [0.1, 0.15) is 0 Å². The molecule has 2 rings (SSSR count). The number of rotatable bonds is 3. The van der Waals surface area contributed by atoms with Gasteiger partial charge in [0.2, 0.25) is 0 Å². The van der Waals surface area contributed by atoms with Crippen LogP contribution >= 0.6 is 0 Å². The van der Waals surface area contributed by atoms with Crippen molar-refractivity contribution in [1.29, 1.82) is 0 Å². The predicted molar refractivity (Wildman–Crippen MR) is 68.6 cm³/mol. The lowest BCUT2D eigenvalue weighted by Gasteiger charge is -2.40. The molecule has 0 aromatic carbocycles. The van der Waals surface area contributed by atoms with Gasteiger partial charge in [0.25, 0.3) is 0 Å². The molecule has 2 saturated carbocycles. The van der Waals surface area contributed by atoms with Gasteiger partial charge in [-0.1, -0.05) is 39.0 Å². The van der Waals surface area contributed by atoms with E-state index >= 15 is 0 Å². The summed E-state index contributed by atoms with van der Waals surface area (Å²) >= 11 is 0. The van der Waals surface area contributed by atoms with E-state index in [1.165, 1.54) is 38.5 Å². The Hall–Kier alpha value is -0.530. The molecule has 0 aromatic heterocycles. The lowest BCUT2D eigenvalue weighted by atomic mass is 9.65. The average molecular weight is 238 g/mol. The molecule has 2 heteroatoms. The Kier molecular flexibility index (Phi) is 4.47. The van der Waals surface area contributed by atoms with Gasteiger partial charge in [-0.15, -0.1) is 0 Å². The average Bonchev–Trinajstić information content (AvgIpc) is 2.37. The quantitative estimate of drug-likeness (QED) is 0.696. The second-order valence-electron chi connectivity index (χ2n) is 5.90. The molecule has 4 unspecified atom stereocenters. The molecule has 2 fully saturated rings. The summed E-state index contributed by atoms with van der Waals surface area (Å²) in [5, 5.41) is 0. The molecule has 0 N–H and O–H groups in total. The van der Waals surface area contributed by atoms with Crippen LogP contribution in [-0.2, 0) is 9.53 Å². The van der Waals surface area contributed by atoms with Crippen molar-refractivity contribution >= 4 is 5.97 Å². The Bertz CT molecular complexity index is 260. The smallest absolute Gasteiger partial charge is 0.309 e. The predicted octanol–water partition coefficient (Wildman–Crippen LogP) is 3.93. The van der Waals surface area contributed by atoms with Crippen LogP contribution in [0.2, 0.25) is 0 Å². The molecule has 2 nitrogen and oxygen atoms in total. The monoisotopic (exact) mass is 238 g/mol. The van der Waals surface area contributed by atoms with Crippen LogP contribution < -0.4 is 0 Å². The highest BCUT2D eigenvalue weighted by molar-refractivity contribution is 5.73. The van der Waals surface area contributed by atoms with E-state index in [1.807, 2.05) is 6.92 Å². The second kappa shape index (κ2) is 5.88. The number of fused-ring (bicyclic) bond motifs is 1. The van der Waals surface area contributed by atoms with Crippen molar-refractivity contribution in [3.05, 3.63) is 0 Å². The zero-order valence-electron chi connectivity index (χ0n) is 11.3. The van der Waals surface area contributed by atoms with Gasteiger partial charge in [0, 0.05) is 0 Å². The molecular formula is C15H26O2. The Morgan fingerprint density at radius 2 is 1.88 bits per heavy atom. The third-order valence-electron chi connectivity index (χ3n) is 4.77. The molecule has 4 atom stereocenters. The number of ether oxygens (including phenoxy) is 1. The lowest BCUT2D eigenvalue weighted by molar-refractivity contribution is -0.158. The van der Waals surface area contributed by atoms with Gasteiger partial charge in [-0.2, -0.15) is 0 Å². The summed E-state index contributed by atoms with van der Waals surface area (Å²) in [7, 11) is 0. The minimum atomic E-state index is 0.0893. The van der Waals surface area contributed by atoms with E-state index in [2.05, 4.69) is 6.92 Å².